The van der Waals surface area contributed by atoms with E-state index in [0.717, 1.165) is 22.3 Å². The standard InChI is InChI=1S/C46H52O12/c1-26(47)39-18-31(16-37(24-57-6)45(39)51)41(29-12-33(20-53-2)43(49)34(13-29)21-54-3)27-8-10-28(11-9-27)42(32-17-38(25-58-7)46(52)40(48)19-32)30-14-35(22-55-4)44(50)36(15-30)23-56-5/h8-19,41-42,48-52H,20-25H2,1-7H3. The first kappa shape index (κ1) is 43.6. The van der Waals surface area contributed by atoms with Gasteiger partial charge in [0.2, 0.25) is 0 Å². The minimum Gasteiger partial charge on any atom is -0.507 e. The molecule has 0 amide bonds. The fraction of sp³-hybridized carbons (Fsp3) is 0.326. The molecular weight excluding hydrogens is 744 g/mol. The fourth-order valence-corrected chi connectivity index (χ4v) is 7.56. The highest BCUT2D eigenvalue weighted by Gasteiger charge is 2.27. The largest absolute Gasteiger partial charge is 0.507 e. The van der Waals surface area contributed by atoms with Crippen molar-refractivity contribution in [2.24, 2.45) is 0 Å². The van der Waals surface area contributed by atoms with Crippen LogP contribution in [0.1, 0.15) is 95.9 Å². The second kappa shape index (κ2) is 19.8. The number of carbonyl (C=O) groups is 1. The van der Waals surface area contributed by atoms with Crippen LogP contribution < -0.4 is 0 Å². The fourth-order valence-electron chi connectivity index (χ4n) is 7.56. The molecule has 2 atom stereocenters. The molecule has 0 spiro atoms. The Labute approximate surface area is 338 Å². The predicted molar refractivity (Wildman–Crippen MR) is 217 cm³/mol. The molecule has 5 rings (SSSR count). The van der Waals surface area contributed by atoms with Crippen LogP contribution in [-0.4, -0.2) is 74.0 Å². The summed E-state index contributed by atoms with van der Waals surface area (Å²) in [6.07, 6.45) is 0. The minimum atomic E-state index is -0.539. The number of phenols is 5. The number of rotatable bonds is 19. The van der Waals surface area contributed by atoms with Gasteiger partial charge in [-0.1, -0.05) is 24.3 Å². The summed E-state index contributed by atoms with van der Waals surface area (Å²) in [6.45, 7) is 2.00. The van der Waals surface area contributed by atoms with Gasteiger partial charge in [-0.15, -0.1) is 0 Å². The van der Waals surface area contributed by atoms with Gasteiger partial charge in [0, 0.05) is 87.9 Å². The quantitative estimate of drug-likeness (QED) is 0.0314. The first-order valence-corrected chi connectivity index (χ1v) is 18.5. The van der Waals surface area contributed by atoms with Gasteiger partial charge in [0.1, 0.15) is 17.2 Å². The summed E-state index contributed by atoms with van der Waals surface area (Å²) in [7, 11) is 9.18. The predicted octanol–water partition coefficient (Wildman–Crippen LogP) is 7.66. The van der Waals surface area contributed by atoms with E-state index >= 15 is 0 Å². The highest BCUT2D eigenvalue weighted by molar-refractivity contribution is 5.97. The number of Topliss-reactive ketones (excluding diaryl/α,β-unsaturated/α-hetero) is 1. The maximum atomic E-state index is 12.9. The Morgan fingerprint density at radius 3 is 1.00 bits per heavy atom. The van der Waals surface area contributed by atoms with Gasteiger partial charge < -0.3 is 54.0 Å². The molecule has 5 aromatic carbocycles. The van der Waals surface area contributed by atoms with Crippen LogP contribution in [0.4, 0.5) is 0 Å². The van der Waals surface area contributed by atoms with Crippen molar-refractivity contribution in [3.8, 4) is 28.7 Å². The number of aromatic hydroxyl groups is 5. The molecule has 0 aliphatic rings. The number of hydrogen-bond acceptors (Lipinski definition) is 12. The van der Waals surface area contributed by atoms with Crippen molar-refractivity contribution in [3.63, 3.8) is 0 Å². The molecule has 5 aromatic rings. The van der Waals surface area contributed by atoms with E-state index in [1.54, 1.807) is 40.6 Å². The number of ketones is 1. The molecule has 58 heavy (non-hydrogen) atoms. The van der Waals surface area contributed by atoms with Crippen LogP contribution in [0.15, 0.2) is 72.8 Å². The third-order valence-electron chi connectivity index (χ3n) is 10.1. The molecule has 0 aliphatic heterocycles. The molecule has 0 bridgehead atoms. The number of methoxy groups -OCH3 is 6. The van der Waals surface area contributed by atoms with Crippen LogP contribution in [0.3, 0.4) is 0 Å². The van der Waals surface area contributed by atoms with Gasteiger partial charge >= 0.3 is 0 Å². The molecule has 308 valence electrons. The van der Waals surface area contributed by atoms with Crippen molar-refractivity contribution in [1.29, 1.82) is 0 Å². The second-order valence-electron chi connectivity index (χ2n) is 14.2. The molecule has 0 saturated carbocycles. The average Bonchev–Trinajstić information content (AvgIpc) is 3.19. The van der Waals surface area contributed by atoms with Crippen molar-refractivity contribution < 1.29 is 58.7 Å². The molecule has 0 aliphatic carbocycles. The highest BCUT2D eigenvalue weighted by atomic mass is 16.5. The summed E-state index contributed by atoms with van der Waals surface area (Å²) >= 11 is 0. The lowest BCUT2D eigenvalue weighted by Crippen LogP contribution is -2.10. The smallest absolute Gasteiger partial charge is 0.163 e. The summed E-state index contributed by atoms with van der Waals surface area (Å²) in [6, 6.07) is 22.0. The third kappa shape index (κ3) is 9.45. The van der Waals surface area contributed by atoms with Crippen LogP contribution >= 0.6 is 0 Å². The number of phenolic OH excluding ortho intramolecular Hbond substituents is 5. The number of carbonyl (C=O) groups excluding carboxylic acids is 1. The summed E-state index contributed by atoms with van der Waals surface area (Å²) in [5.41, 5.74) is 7.61. The zero-order chi connectivity index (χ0) is 42.1. The van der Waals surface area contributed by atoms with E-state index in [4.69, 9.17) is 28.4 Å². The molecule has 12 nitrogen and oxygen atoms in total. The monoisotopic (exact) mass is 796 g/mol. The van der Waals surface area contributed by atoms with Gasteiger partial charge in [0.25, 0.3) is 0 Å². The third-order valence-corrected chi connectivity index (χ3v) is 10.1. The van der Waals surface area contributed by atoms with E-state index in [-0.39, 0.29) is 79.7 Å². The van der Waals surface area contributed by atoms with E-state index in [1.165, 1.54) is 27.2 Å². The summed E-state index contributed by atoms with van der Waals surface area (Å²) in [5, 5.41) is 55.1. The van der Waals surface area contributed by atoms with Crippen LogP contribution in [0.2, 0.25) is 0 Å². The van der Waals surface area contributed by atoms with E-state index in [9.17, 15) is 30.3 Å². The maximum absolute atomic E-state index is 12.9. The van der Waals surface area contributed by atoms with E-state index < -0.39 is 11.8 Å². The number of ether oxygens (including phenoxy) is 6. The number of hydrogen-bond donors (Lipinski definition) is 5. The lowest BCUT2D eigenvalue weighted by molar-refractivity contribution is 0.101. The zero-order valence-electron chi connectivity index (χ0n) is 33.9. The summed E-state index contributed by atoms with van der Waals surface area (Å²) < 4.78 is 32.6. The van der Waals surface area contributed by atoms with Crippen LogP contribution in [-0.2, 0) is 68.1 Å². The molecular formula is C46H52O12. The first-order valence-electron chi connectivity index (χ1n) is 18.5. The van der Waals surface area contributed by atoms with Gasteiger partial charge in [-0.25, -0.2) is 0 Å². The SMILES string of the molecule is COCc1cc(C(c2ccc(C(c3cc(COC)c(O)c(COC)c3)c3cc(COC)c(O)c(C(C)=O)c3)cc2)c2cc(COC)c(O)c(COC)c2)cc(O)c1O. The average molecular weight is 797 g/mol. The second-order valence-corrected chi connectivity index (χ2v) is 14.2. The van der Waals surface area contributed by atoms with Crippen molar-refractivity contribution in [1.82, 2.24) is 0 Å². The normalized spacial score (nSPS) is 12.5. The maximum Gasteiger partial charge on any atom is 0.163 e. The van der Waals surface area contributed by atoms with Gasteiger partial charge in [0.15, 0.2) is 17.3 Å². The summed E-state index contributed by atoms with van der Waals surface area (Å²) in [4.78, 5) is 12.9. The Balaban J connectivity index is 1.80. The van der Waals surface area contributed by atoms with Crippen molar-refractivity contribution in [3.05, 3.63) is 145 Å². The Morgan fingerprint density at radius 1 is 0.414 bits per heavy atom. The van der Waals surface area contributed by atoms with E-state index in [2.05, 4.69) is 0 Å². The Morgan fingerprint density at radius 2 is 0.690 bits per heavy atom. The van der Waals surface area contributed by atoms with Crippen molar-refractivity contribution in [2.75, 3.05) is 42.7 Å². The number of benzene rings is 5. The Bertz CT molecular complexity index is 2160. The van der Waals surface area contributed by atoms with Crippen molar-refractivity contribution in [2.45, 2.75) is 58.4 Å². The van der Waals surface area contributed by atoms with Gasteiger partial charge in [-0.3, -0.25) is 4.79 Å². The lowest BCUT2D eigenvalue weighted by Gasteiger charge is -2.25. The van der Waals surface area contributed by atoms with E-state index in [1.807, 2.05) is 54.6 Å². The van der Waals surface area contributed by atoms with Crippen LogP contribution in [0, 0.1) is 0 Å². The zero-order valence-corrected chi connectivity index (χ0v) is 33.9. The van der Waals surface area contributed by atoms with Crippen LogP contribution in [0.5, 0.6) is 28.7 Å². The van der Waals surface area contributed by atoms with E-state index in [0.29, 0.717) is 44.5 Å². The topological polar surface area (TPSA) is 174 Å². The molecule has 0 heterocycles. The molecule has 0 fully saturated rings. The van der Waals surface area contributed by atoms with Gasteiger partial charge in [-0.2, -0.15) is 0 Å². The first-order chi connectivity index (χ1) is 27.9. The molecule has 0 saturated heterocycles. The Kier molecular flexibility index (Phi) is 14.9. The molecule has 5 N–H and O–H groups in total. The molecule has 2 unspecified atom stereocenters. The lowest BCUT2D eigenvalue weighted by atomic mass is 9.79. The van der Waals surface area contributed by atoms with Gasteiger partial charge in [0.05, 0.1) is 45.2 Å². The van der Waals surface area contributed by atoms with Gasteiger partial charge in [-0.05, 0) is 88.8 Å². The Hall–Kier alpha value is -5.47. The highest BCUT2D eigenvalue weighted by Crippen LogP contribution is 2.43. The minimum absolute atomic E-state index is 0.0443. The summed E-state index contributed by atoms with van der Waals surface area (Å²) in [5.74, 6) is -2.03. The molecule has 0 aromatic heterocycles. The molecule has 0 radical (unpaired) electrons. The van der Waals surface area contributed by atoms with Crippen molar-refractivity contribution >= 4 is 5.78 Å². The van der Waals surface area contributed by atoms with Crippen LogP contribution in [0.25, 0.3) is 0 Å². The molecule has 12 heteroatoms.